The summed E-state index contributed by atoms with van der Waals surface area (Å²) < 4.78 is 4.76. The summed E-state index contributed by atoms with van der Waals surface area (Å²) in [5.41, 5.74) is 5.51. The number of hydrogen-bond acceptors (Lipinski definition) is 4. The third-order valence-corrected chi connectivity index (χ3v) is 2.19. The van der Waals surface area contributed by atoms with Crippen molar-refractivity contribution >= 4 is 26.5 Å². The summed E-state index contributed by atoms with van der Waals surface area (Å²) in [6.07, 6.45) is 2.68. The summed E-state index contributed by atoms with van der Waals surface area (Å²) in [6.45, 7) is 1.80. The van der Waals surface area contributed by atoms with Gasteiger partial charge in [-0.15, -0.1) is 0 Å². The summed E-state index contributed by atoms with van der Waals surface area (Å²) in [7, 11) is 0.200. The lowest BCUT2D eigenvalue weighted by Gasteiger charge is -2.08. The van der Waals surface area contributed by atoms with Crippen LogP contribution in [0, 0.1) is 0 Å². The minimum Gasteiger partial charge on any atom is -0.447 e. The van der Waals surface area contributed by atoms with E-state index in [0.717, 1.165) is 5.75 Å². The predicted octanol–water partition coefficient (Wildman–Crippen LogP) is 0.833. The monoisotopic (exact) mass is 195 g/mol. The van der Waals surface area contributed by atoms with Crippen LogP contribution in [0.25, 0.3) is 0 Å². The Balaban J connectivity index is 3.46. The quantitative estimate of drug-likeness (QED) is 0.660. The molecule has 0 spiro atoms. The minimum absolute atomic E-state index is 0.200. The zero-order valence-corrected chi connectivity index (χ0v) is 8.61. The number of rotatable bonds is 5. The van der Waals surface area contributed by atoms with Crippen LogP contribution in [0.15, 0.2) is 0 Å². The van der Waals surface area contributed by atoms with Gasteiger partial charge in [-0.25, -0.2) is 0 Å². The third kappa shape index (κ3) is 5.48. The molecule has 0 aromatic heterocycles. The number of thioether (sulfide) groups is 1. The first-order chi connectivity index (χ1) is 5.22. The predicted molar refractivity (Wildman–Crippen MR) is 51.3 cm³/mol. The van der Waals surface area contributed by atoms with E-state index in [1.807, 2.05) is 6.26 Å². The first-order valence-electron chi connectivity index (χ1n) is 3.34. The van der Waals surface area contributed by atoms with Crippen molar-refractivity contribution in [2.45, 2.75) is 12.5 Å². The molecule has 0 aromatic rings. The topological polar surface area (TPSA) is 52.3 Å². The molecule has 2 N–H and O–H groups in total. The molecule has 0 aromatic carbocycles. The summed E-state index contributed by atoms with van der Waals surface area (Å²) in [4.78, 5) is 10.9. The van der Waals surface area contributed by atoms with E-state index < -0.39 is 6.04 Å². The Hall–Kier alpha value is 0.210. The first-order valence-corrected chi connectivity index (χ1v) is 6.14. The molecule has 0 aliphatic carbocycles. The second kappa shape index (κ2) is 6.89. The van der Waals surface area contributed by atoms with Crippen LogP contribution < -0.4 is 5.73 Å². The normalized spacial score (nSPS) is 13.7. The SMILES string of the molecule is CPOC(=O)[C@@H](N)CCSC. The van der Waals surface area contributed by atoms with Gasteiger partial charge in [0, 0.05) is 0 Å². The Morgan fingerprint density at radius 2 is 2.45 bits per heavy atom. The second-order valence-corrected chi connectivity index (χ2v) is 3.61. The van der Waals surface area contributed by atoms with Gasteiger partial charge in [0.15, 0.2) is 0 Å². The molecule has 0 amide bonds. The Morgan fingerprint density at radius 3 is 2.91 bits per heavy atom. The molecule has 0 aliphatic rings. The fourth-order valence-corrected chi connectivity index (χ4v) is 1.38. The Bertz CT molecular complexity index is 123. The fraction of sp³-hybridized carbons (Fsp3) is 0.833. The van der Waals surface area contributed by atoms with Gasteiger partial charge in [0.2, 0.25) is 0 Å². The highest BCUT2D eigenvalue weighted by atomic mass is 32.2. The van der Waals surface area contributed by atoms with E-state index in [4.69, 9.17) is 10.3 Å². The molecule has 11 heavy (non-hydrogen) atoms. The first kappa shape index (κ1) is 11.2. The van der Waals surface area contributed by atoms with E-state index in [0.29, 0.717) is 6.42 Å². The molecule has 0 bridgehead atoms. The van der Waals surface area contributed by atoms with E-state index in [1.54, 1.807) is 18.4 Å². The summed E-state index contributed by atoms with van der Waals surface area (Å²) >= 11 is 1.68. The Kier molecular flexibility index (Phi) is 7.02. The summed E-state index contributed by atoms with van der Waals surface area (Å²) in [5, 5.41) is 0. The lowest BCUT2D eigenvalue weighted by molar-refractivity contribution is -0.134. The molecule has 3 nitrogen and oxygen atoms in total. The lowest BCUT2D eigenvalue weighted by atomic mass is 10.2. The molecule has 0 aliphatic heterocycles. The highest BCUT2D eigenvalue weighted by molar-refractivity contribution is 7.98. The van der Waals surface area contributed by atoms with Crippen LogP contribution in [-0.4, -0.2) is 30.7 Å². The third-order valence-electron chi connectivity index (χ3n) is 1.14. The molecule has 1 unspecified atom stereocenters. The van der Waals surface area contributed by atoms with Gasteiger partial charge in [-0.3, -0.25) is 4.79 Å². The highest BCUT2D eigenvalue weighted by Crippen LogP contribution is 2.08. The van der Waals surface area contributed by atoms with E-state index in [1.165, 1.54) is 0 Å². The second-order valence-electron chi connectivity index (χ2n) is 2.01. The molecule has 0 fully saturated rings. The average molecular weight is 195 g/mol. The van der Waals surface area contributed by atoms with Gasteiger partial charge in [0.1, 0.15) is 6.04 Å². The van der Waals surface area contributed by atoms with Gasteiger partial charge in [-0.2, -0.15) is 11.8 Å². The molecule has 0 saturated heterocycles. The zero-order chi connectivity index (χ0) is 8.69. The molecular formula is C6H14NO2PS. The van der Waals surface area contributed by atoms with Gasteiger partial charge in [-0.05, 0) is 25.1 Å². The van der Waals surface area contributed by atoms with Crippen molar-refractivity contribution in [3.8, 4) is 0 Å². The van der Waals surface area contributed by atoms with E-state index >= 15 is 0 Å². The van der Waals surface area contributed by atoms with Crippen molar-refractivity contribution in [2.24, 2.45) is 5.73 Å². The largest absolute Gasteiger partial charge is 0.447 e. The van der Waals surface area contributed by atoms with Gasteiger partial charge < -0.3 is 10.3 Å². The van der Waals surface area contributed by atoms with Crippen LogP contribution in [0.3, 0.4) is 0 Å². The van der Waals surface area contributed by atoms with Crippen molar-refractivity contribution in [1.29, 1.82) is 0 Å². The molecule has 0 heterocycles. The van der Waals surface area contributed by atoms with Crippen LogP contribution in [0.1, 0.15) is 6.42 Å². The van der Waals surface area contributed by atoms with E-state index in [-0.39, 0.29) is 14.8 Å². The van der Waals surface area contributed by atoms with Crippen LogP contribution in [-0.2, 0) is 9.32 Å². The lowest BCUT2D eigenvalue weighted by Crippen LogP contribution is -2.31. The number of carbonyl (C=O) groups is 1. The van der Waals surface area contributed by atoms with Crippen molar-refractivity contribution < 1.29 is 9.32 Å². The maximum Gasteiger partial charge on any atom is 0.325 e. The van der Waals surface area contributed by atoms with Gasteiger partial charge >= 0.3 is 5.97 Å². The maximum absolute atomic E-state index is 10.9. The highest BCUT2D eigenvalue weighted by Gasteiger charge is 2.12. The van der Waals surface area contributed by atoms with Crippen LogP contribution in [0.2, 0.25) is 0 Å². The van der Waals surface area contributed by atoms with Gasteiger partial charge in [-0.1, -0.05) is 0 Å². The van der Waals surface area contributed by atoms with E-state index in [2.05, 4.69) is 0 Å². The van der Waals surface area contributed by atoms with E-state index in [9.17, 15) is 4.79 Å². The van der Waals surface area contributed by atoms with Crippen molar-refractivity contribution in [2.75, 3.05) is 18.7 Å². The number of hydrogen-bond donors (Lipinski definition) is 1. The Morgan fingerprint density at radius 1 is 1.82 bits per heavy atom. The Labute approximate surface area is 73.3 Å². The molecule has 2 atom stereocenters. The maximum atomic E-state index is 10.9. The molecular weight excluding hydrogens is 181 g/mol. The molecule has 66 valence electrons. The summed E-state index contributed by atoms with van der Waals surface area (Å²) in [6, 6.07) is -0.435. The fourth-order valence-electron chi connectivity index (χ4n) is 0.539. The molecule has 0 saturated carbocycles. The standard InChI is InChI=1S/C6H14NO2PS/c1-10-9-6(8)5(7)3-4-11-2/h5,10H,3-4,7H2,1-2H3/t5-/m0/s1. The van der Waals surface area contributed by atoms with Crippen LogP contribution in [0.4, 0.5) is 0 Å². The number of carbonyl (C=O) groups excluding carboxylic acids is 1. The molecule has 0 radical (unpaired) electrons. The molecule has 0 rings (SSSR count). The van der Waals surface area contributed by atoms with Crippen molar-refractivity contribution in [3.05, 3.63) is 0 Å². The van der Waals surface area contributed by atoms with Crippen molar-refractivity contribution in [1.82, 2.24) is 0 Å². The minimum atomic E-state index is -0.435. The van der Waals surface area contributed by atoms with Crippen LogP contribution >= 0.6 is 20.6 Å². The van der Waals surface area contributed by atoms with Crippen LogP contribution in [0.5, 0.6) is 0 Å². The van der Waals surface area contributed by atoms with Gasteiger partial charge in [0.05, 0.1) is 8.81 Å². The molecule has 5 heteroatoms. The zero-order valence-electron chi connectivity index (χ0n) is 6.79. The van der Waals surface area contributed by atoms with Gasteiger partial charge in [0.25, 0.3) is 0 Å². The summed E-state index contributed by atoms with van der Waals surface area (Å²) in [5.74, 6) is 0.628. The smallest absolute Gasteiger partial charge is 0.325 e. The average Bonchev–Trinajstić information content (AvgIpc) is 2.00. The number of nitrogens with two attached hydrogens (primary N) is 1. The van der Waals surface area contributed by atoms with Crippen molar-refractivity contribution in [3.63, 3.8) is 0 Å².